The molecule has 1 unspecified atom stereocenters. The standard InChI is InChI=1S/C6H8N2O2/c1-2-3-4-5(9)8-6(7)10-4/h2,4H,1,3H2,(H2,7,8,9). The van der Waals surface area contributed by atoms with E-state index >= 15 is 0 Å². The van der Waals surface area contributed by atoms with E-state index in [2.05, 4.69) is 11.6 Å². The molecule has 0 saturated carbocycles. The van der Waals surface area contributed by atoms with Gasteiger partial charge in [0.15, 0.2) is 6.10 Å². The van der Waals surface area contributed by atoms with E-state index in [-0.39, 0.29) is 11.9 Å². The van der Waals surface area contributed by atoms with Crippen LogP contribution in [0.2, 0.25) is 0 Å². The van der Waals surface area contributed by atoms with Gasteiger partial charge in [-0.25, -0.2) is 0 Å². The molecule has 0 fully saturated rings. The third kappa shape index (κ3) is 1.15. The Morgan fingerprint density at radius 2 is 2.60 bits per heavy atom. The molecule has 1 heterocycles. The van der Waals surface area contributed by atoms with Crippen molar-refractivity contribution in [1.82, 2.24) is 0 Å². The van der Waals surface area contributed by atoms with Crippen molar-refractivity contribution in [3.05, 3.63) is 12.7 Å². The van der Waals surface area contributed by atoms with Gasteiger partial charge in [0, 0.05) is 6.42 Å². The largest absolute Gasteiger partial charge is 0.451 e. The Balaban J connectivity index is 2.55. The zero-order chi connectivity index (χ0) is 7.56. The van der Waals surface area contributed by atoms with Gasteiger partial charge in [-0.05, 0) is 0 Å². The van der Waals surface area contributed by atoms with Crippen molar-refractivity contribution >= 4 is 11.9 Å². The van der Waals surface area contributed by atoms with Gasteiger partial charge < -0.3 is 10.5 Å². The second-order valence-electron chi connectivity index (χ2n) is 1.92. The molecule has 4 nitrogen and oxygen atoms in total. The molecule has 0 aliphatic carbocycles. The smallest absolute Gasteiger partial charge is 0.291 e. The molecule has 1 amide bonds. The number of amidine groups is 1. The van der Waals surface area contributed by atoms with E-state index in [0.717, 1.165) is 0 Å². The monoisotopic (exact) mass is 140 g/mol. The predicted octanol–water partition coefficient (Wildman–Crippen LogP) is -0.197. The van der Waals surface area contributed by atoms with Gasteiger partial charge >= 0.3 is 0 Å². The fraction of sp³-hybridized carbons (Fsp3) is 0.333. The first-order chi connectivity index (χ1) is 4.74. The van der Waals surface area contributed by atoms with Crippen molar-refractivity contribution in [2.45, 2.75) is 12.5 Å². The van der Waals surface area contributed by atoms with Crippen molar-refractivity contribution in [1.29, 1.82) is 0 Å². The molecule has 0 aromatic heterocycles. The Hall–Kier alpha value is -1.32. The minimum Gasteiger partial charge on any atom is -0.451 e. The molecular formula is C6H8N2O2. The van der Waals surface area contributed by atoms with Crippen LogP contribution >= 0.6 is 0 Å². The summed E-state index contributed by atoms with van der Waals surface area (Å²) in [6, 6.07) is -0.0446. The maximum atomic E-state index is 10.7. The van der Waals surface area contributed by atoms with Crippen LogP contribution in [0.25, 0.3) is 0 Å². The van der Waals surface area contributed by atoms with E-state index < -0.39 is 6.10 Å². The summed E-state index contributed by atoms with van der Waals surface area (Å²) >= 11 is 0. The minimum atomic E-state index is -0.530. The molecule has 0 bridgehead atoms. The quantitative estimate of drug-likeness (QED) is 0.540. The SMILES string of the molecule is C=CCC1OC(N)=NC1=O. The molecule has 1 atom stereocenters. The van der Waals surface area contributed by atoms with Crippen LogP contribution < -0.4 is 5.73 Å². The van der Waals surface area contributed by atoms with E-state index in [0.29, 0.717) is 6.42 Å². The van der Waals surface area contributed by atoms with Gasteiger partial charge in [0.25, 0.3) is 11.9 Å². The van der Waals surface area contributed by atoms with Gasteiger partial charge in [-0.1, -0.05) is 6.08 Å². The molecule has 1 rings (SSSR count). The van der Waals surface area contributed by atoms with Crippen molar-refractivity contribution in [3.63, 3.8) is 0 Å². The number of rotatable bonds is 2. The average Bonchev–Trinajstić information content (AvgIpc) is 2.13. The number of nitrogens with two attached hydrogens (primary N) is 1. The number of aliphatic imine (C=N–C) groups is 1. The van der Waals surface area contributed by atoms with Gasteiger partial charge in [-0.3, -0.25) is 4.79 Å². The number of carbonyl (C=O) groups is 1. The zero-order valence-corrected chi connectivity index (χ0v) is 5.41. The highest BCUT2D eigenvalue weighted by molar-refractivity contribution is 5.97. The van der Waals surface area contributed by atoms with E-state index in [9.17, 15) is 4.79 Å². The first-order valence-electron chi connectivity index (χ1n) is 2.89. The third-order valence-corrected chi connectivity index (χ3v) is 1.14. The summed E-state index contributed by atoms with van der Waals surface area (Å²) in [5, 5.41) is 0. The summed E-state index contributed by atoms with van der Waals surface area (Å²) in [4.78, 5) is 14.1. The number of amides is 1. The molecule has 0 aromatic rings. The summed E-state index contributed by atoms with van der Waals surface area (Å²) < 4.78 is 4.82. The summed E-state index contributed by atoms with van der Waals surface area (Å²) in [7, 11) is 0. The lowest BCUT2D eigenvalue weighted by Gasteiger charge is -2.02. The molecule has 54 valence electrons. The van der Waals surface area contributed by atoms with Crippen LogP contribution in [0.3, 0.4) is 0 Å². The number of nitrogens with zero attached hydrogens (tertiary/aromatic N) is 1. The average molecular weight is 140 g/mol. The van der Waals surface area contributed by atoms with Crippen LogP contribution in [0.15, 0.2) is 17.6 Å². The van der Waals surface area contributed by atoms with E-state index in [1.54, 1.807) is 6.08 Å². The molecule has 1 aliphatic heterocycles. The van der Waals surface area contributed by atoms with Gasteiger partial charge in [-0.15, -0.1) is 6.58 Å². The molecule has 2 N–H and O–H groups in total. The molecule has 0 aromatic carbocycles. The number of hydrogen-bond acceptors (Lipinski definition) is 3. The van der Waals surface area contributed by atoms with Gasteiger partial charge in [0.2, 0.25) is 0 Å². The second kappa shape index (κ2) is 2.51. The Kier molecular flexibility index (Phi) is 1.71. The first-order valence-corrected chi connectivity index (χ1v) is 2.89. The highest BCUT2D eigenvalue weighted by Crippen LogP contribution is 2.07. The fourth-order valence-electron chi connectivity index (χ4n) is 0.703. The van der Waals surface area contributed by atoms with Crippen LogP contribution in [-0.4, -0.2) is 18.0 Å². The summed E-state index contributed by atoms with van der Waals surface area (Å²) in [6.07, 6.45) is 1.53. The molecule has 10 heavy (non-hydrogen) atoms. The van der Waals surface area contributed by atoms with Gasteiger partial charge in [-0.2, -0.15) is 4.99 Å². The first kappa shape index (κ1) is 6.80. The molecule has 4 heteroatoms. The summed E-state index contributed by atoms with van der Waals surface area (Å²) in [5.41, 5.74) is 5.12. The van der Waals surface area contributed by atoms with Crippen LogP contribution in [0.4, 0.5) is 0 Å². The molecule has 1 aliphatic rings. The minimum absolute atomic E-state index is 0.0446. The van der Waals surface area contributed by atoms with Crippen LogP contribution in [0, 0.1) is 0 Å². The number of carbonyl (C=O) groups excluding carboxylic acids is 1. The highest BCUT2D eigenvalue weighted by atomic mass is 16.5. The summed E-state index contributed by atoms with van der Waals surface area (Å²) in [6.45, 7) is 3.46. The normalized spacial score (nSPS) is 23.8. The second-order valence-corrected chi connectivity index (χ2v) is 1.92. The molecule has 0 radical (unpaired) electrons. The molecular weight excluding hydrogens is 132 g/mol. The Morgan fingerprint density at radius 1 is 1.90 bits per heavy atom. The number of hydrogen-bond donors (Lipinski definition) is 1. The van der Waals surface area contributed by atoms with Crippen LogP contribution in [-0.2, 0) is 9.53 Å². The van der Waals surface area contributed by atoms with E-state index in [1.165, 1.54) is 0 Å². The fourth-order valence-corrected chi connectivity index (χ4v) is 0.703. The lowest BCUT2D eigenvalue weighted by Crippen LogP contribution is -2.19. The zero-order valence-electron chi connectivity index (χ0n) is 5.41. The number of ether oxygens (including phenoxy) is 1. The Labute approximate surface area is 58.4 Å². The summed E-state index contributed by atoms with van der Waals surface area (Å²) in [5.74, 6) is -0.322. The lowest BCUT2D eigenvalue weighted by molar-refractivity contribution is -0.122. The third-order valence-electron chi connectivity index (χ3n) is 1.14. The highest BCUT2D eigenvalue weighted by Gasteiger charge is 2.25. The molecule has 0 spiro atoms. The van der Waals surface area contributed by atoms with Crippen LogP contribution in [0.1, 0.15) is 6.42 Å². The maximum Gasteiger partial charge on any atom is 0.291 e. The Morgan fingerprint density at radius 3 is 3.00 bits per heavy atom. The van der Waals surface area contributed by atoms with Gasteiger partial charge in [0.1, 0.15) is 0 Å². The van der Waals surface area contributed by atoms with E-state index in [1.807, 2.05) is 0 Å². The maximum absolute atomic E-state index is 10.7. The Bertz CT molecular complexity index is 198. The molecule has 0 saturated heterocycles. The van der Waals surface area contributed by atoms with Crippen molar-refractivity contribution < 1.29 is 9.53 Å². The van der Waals surface area contributed by atoms with Crippen molar-refractivity contribution in [2.24, 2.45) is 10.7 Å². The topological polar surface area (TPSA) is 64.7 Å². The van der Waals surface area contributed by atoms with Crippen molar-refractivity contribution in [3.8, 4) is 0 Å². The lowest BCUT2D eigenvalue weighted by atomic mass is 10.2. The van der Waals surface area contributed by atoms with E-state index in [4.69, 9.17) is 10.5 Å². The van der Waals surface area contributed by atoms with Crippen LogP contribution in [0.5, 0.6) is 0 Å². The van der Waals surface area contributed by atoms with Gasteiger partial charge in [0.05, 0.1) is 0 Å². The van der Waals surface area contributed by atoms with Crippen molar-refractivity contribution in [2.75, 3.05) is 0 Å². The predicted molar refractivity (Wildman–Crippen MR) is 36.3 cm³/mol.